The molecule has 1 atom stereocenters. The average Bonchev–Trinajstić information content (AvgIpc) is 3.14. The standard InChI is InChI=1S/C22H21ClFN3O5/c1-4-30-14-8-10-15(11-9-14)31-13(3)21(28)25-26-22(29)18-12(2)32-27-20(18)19-16(23)6-5-7-17(19)24/h5-11,13H,4H2,1-3H3,(H,25,28)(H,26,29). The van der Waals surface area contributed by atoms with Gasteiger partial charge in [-0.15, -0.1) is 0 Å². The molecule has 3 aromatic rings. The number of nitrogens with zero attached hydrogens (tertiary/aromatic N) is 1. The van der Waals surface area contributed by atoms with Gasteiger partial charge in [0.15, 0.2) is 6.10 Å². The van der Waals surface area contributed by atoms with E-state index in [4.69, 9.17) is 25.6 Å². The second-order valence-electron chi connectivity index (χ2n) is 6.67. The van der Waals surface area contributed by atoms with Crippen LogP contribution in [0.4, 0.5) is 4.39 Å². The second-order valence-corrected chi connectivity index (χ2v) is 7.07. The highest BCUT2D eigenvalue weighted by Gasteiger charge is 2.26. The highest BCUT2D eigenvalue weighted by atomic mass is 35.5. The van der Waals surface area contributed by atoms with E-state index >= 15 is 0 Å². The lowest BCUT2D eigenvalue weighted by Gasteiger charge is -2.15. The normalized spacial score (nSPS) is 11.5. The van der Waals surface area contributed by atoms with Crippen molar-refractivity contribution in [2.75, 3.05) is 6.61 Å². The Labute approximate surface area is 188 Å². The molecule has 2 amide bonds. The van der Waals surface area contributed by atoms with Crippen molar-refractivity contribution in [3.63, 3.8) is 0 Å². The zero-order valence-electron chi connectivity index (χ0n) is 17.6. The Morgan fingerprint density at radius 2 is 1.84 bits per heavy atom. The number of aryl methyl sites for hydroxylation is 1. The molecule has 0 saturated heterocycles. The molecule has 2 N–H and O–H groups in total. The van der Waals surface area contributed by atoms with Crippen LogP contribution in [0.15, 0.2) is 47.0 Å². The van der Waals surface area contributed by atoms with Crippen molar-refractivity contribution in [1.29, 1.82) is 0 Å². The van der Waals surface area contributed by atoms with Crippen LogP contribution in [0, 0.1) is 12.7 Å². The molecule has 1 aromatic heterocycles. The summed E-state index contributed by atoms with van der Waals surface area (Å²) in [6, 6.07) is 10.9. The summed E-state index contributed by atoms with van der Waals surface area (Å²) in [6.07, 6.45) is -0.919. The predicted octanol–water partition coefficient (Wildman–Crippen LogP) is 4.07. The van der Waals surface area contributed by atoms with Gasteiger partial charge in [-0.25, -0.2) is 4.39 Å². The third-order valence-electron chi connectivity index (χ3n) is 4.41. The number of ether oxygens (including phenoxy) is 2. The van der Waals surface area contributed by atoms with Crippen LogP contribution in [-0.2, 0) is 4.79 Å². The van der Waals surface area contributed by atoms with Gasteiger partial charge < -0.3 is 14.0 Å². The van der Waals surface area contributed by atoms with Gasteiger partial charge in [0.2, 0.25) is 0 Å². The van der Waals surface area contributed by atoms with E-state index in [1.165, 1.54) is 32.0 Å². The average molecular weight is 462 g/mol. The van der Waals surface area contributed by atoms with Crippen molar-refractivity contribution in [3.8, 4) is 22.8 Å². The summed E-state index contributed by atoms with van der Waals surface area (Å²) in [5.74, 6) is -0.759. The van der Waals surface area contributed by atoms with E-state index in [1.807, 2.05) is 6.92 Å². The molecule has 0 aliphatic rings. The number of nitrogens with one attached hydrogen (secondary N) is 2. The molecular formula is C22H21ClFN3O5. The van der Waals surface area contributed by atoms with Crippen LogP contribution in [-0.4, -0.2) is 29.7 Å². The molecule has 0 aliphatic heterocycles. The van der Waals surface area contributed by atoms with Crippen LogP contribution in [0.25, 0.3) is 11.3 Å². The quantitative estimate of drug-likeness (QED) is 0.514. The highest BCUT2D eigenvalue weighted by molar-refractivity contribution is 6.33. The number of hydrogen-bond donors (Lipinski definition) is 2. The first-order valence-corrected chi connectivity index (χ1v) is 10.1. The Bertz CT molecular complexity index is 1100. The van der Waals surface area contributed by atoms with Gasteiger partial charge in [0.05, 0.1) is 17.2 Å². The van der Waals surface area contributed by atoms with Crippen LogP contribution >= 0.6 is 11.6 Å². The van der Waals surface area contributed by atoms with Gasteiger partial charge in [-0.2, -0.15) is 0 Å². The number of hydrogen-bond acceptors (Lipinski definition) is 6. The lowest BCUT2D eigenvalue weighted by atomic mass is 10.1. The molecule has 2 aromatic carbocycles. The molecule has 0 fully saturated rings. The summed E-state index contributed by atoms with van der Waals surface area (Å²) < 4.78 is 30.3. The number of hydrazine groups is 1. The van der Waals surface area contributed by atoms with E-state index in [-0.39, 0.29) is 27.6 Å². The van der Waals surface area contributed by atoms with Crippen LogP contribution in [0.1, 0.15) is 30.0 Å². The van der Waals surface area contributed by atoms with Crippen molar-refractivity contribution in [3.05, 3.63) is 64.6 Å². The monoisotopic (exact) mass is 461 g/mol. The molecule has 32 heavy (non-hydrogen) atoms. The van der Waals surface area contributed by atoms with E-state index in [0.717, 1.165) is 0 Å². The number of halogens is 2. The first kappa shape index (κ1) is 23.1. The largest absolute Gasteiger partial charge is 0.494 e. The Balaban J connectivity index is 1.66. The summed E-state index contributed by atoms with van der Waals surface area (Å²) in [6.45, 7) is 5.42. The van der Waals surface area contributed by atoms with E-state index in [1.54, 1.807) is 24.3 Å². The lowest BCUT2D eigenvalue weighted by Crippen LogP contribution is -2.47. The molecule has 1 heterocycles. The Hall–Kier alpha value is -3.59. The lowest BCUT2D eigenvalue weighted by molar-refractivity contribution is -0.128. The minimum Gasteiger partial charge on any atom is -0.494 e. The number of benzene rings is 2. The third-order valence-corrected chi connectivity index (χ3v) is 4.72. The number of rotatable bonds is 7. The molecule has 0 radical (unpaired) electrons. The van der Waals surface area contributed by atoms with Gasteiger partial charge in [-0.05, 0) is 57.2 Å². The first-order chi connectivity index (χ1) is 15.3. The van der Waals surface area contributed by atoms with Crippen LogP contribution in [0.3, 0.4) is 0 Å². The van der Waals surface area contributed by atoms with E-state index in [0.29, 0.717) is 18.1 Å². The summed E-state index contributed by atoms with van der Waals surface area (Å²) in [5, 5.41) is 3.82. The number of carbonyl (C=O) groups is 2. The fourth-order valence-electron chi connectivity index (χ4n) is 2.86. The van der Waals surface area contributed by atoms with Gasteiger partial charge in [-0.3, -0.25) is 20.4 Å². The van der Waals surface area contributed by atoms with Crippen molar-refractivity contribution >= 4 is 23.4 Å². The predicted molar refractivity (Wildman–Crippen MR) is 115 cm³/mol. The van der Waals surface area contributed by atoms with Crippen LogP contribution < -0.4 is 20.3 Å². The van der Waals surface area contributed by atoms with Gasteiger partial charge in [0, 0.05) is 0 Å². The van der Waals surface area contributed by atoms with Crippen molar-refractivity contribution in [2.24, 2.45) is 0 Å². The topological polar surface area (TPSA) is 103 Å². The van der Waals surface area contributed by atoms with Crippen LogP contribution in [0.5, 0.6) is 11.5 Å². The minimum atomic E-state index is -0.919. The SMILES string of the molecule is CCOc1ccc(OC(C)C(=O)NNC(=O)c2c(-c3c(F)cccc3Cl)noc2C)cc1. The zero-order valence-corrected chi connectivity index (χ0v) is 18.3. The van der Waals surface area contributed by atoms with Crippen LogP contribution in [0.2, 0.25) is 5.02 Å². The fourth-order valence-corrected chi connectivity index (χ4v) is 3.11. The maximum Gasteiger partial charge on any atom is 0.279 e. The number of aromatic nitrogens is 1. The van der Waals surface area contributed by atoms with Gasteiger partial charge >= 0.3 is 0 Å². The Morgan fingerprint density at radius 1 is 1.16 bits per heavy atom. The molecule has 0 aliphatic carbocycles. The maximum absolute atomic E-state index is 14.3. The number of carbonyl (C=O) groups excluding carboxylic acids is 2. The summed E-state index contributed by atoms with van der Waals surface area (Å²) >= 11 is 6.08. The molecule has 0 spiro atoms. The summed E-state index contributed by atoms with van der Waals surface area (Å²) in [5.41, 5.74) is 4.33. The van der Waals surface area contributed by atoms with Crippen molar-refractivity contribution in [2.45, 2.75) is 26.9 Å². The summed E-state index contributed by atoms with van der Waals surface area (Å²) in [4.78, 5) is 25.0. The van der Waals surface area contributed by atoms with Gasteiger partial charge in [0.25, 0.3) is 11.8 Å². The van der Waals surface area contributed by atoms with Gasteiger partial charge in [0.1, 0.15) is 34.3 Å². The third kappa shape index (κ3) is 5.17. The molecule has 1 unspecified atom stereocenters. The molecule has 0 bridgehead atoms. The molecular weight excluding hydrogens is 441 g/mol. The van der Waals surface area contributed by atoms with E-state index < -0.39 is 23.7 Å². The van der Waals surface area contributed by atoms with Crippen molar-refractivity contribution < 1.29 is 28.0 Å². The molecule has 8 nitrogen and oxygen atoms in total. The highest BCUT2D eigenvalue weighted by Crippen LogP contribution is 2.33. The molecule has 3 rings (SSSR count). The first-order valence-electron chi connectivity index (χ1n) is 9.72. The second kappa shape index (κ2) is 10.1. The smallest absolute Gasteiger partial charge is 0.279 e. The van der Waals surface area contributed by atoms with E-state index in [9.17, 15) is 14.0 Å². The van der Waals surface area contributed by atoms with Crippen molar-refractivity contribution in [1.82, 2.24) is 16.0 Å². The minimum absolute atomic E-state index is 0.0580. The fraction of sp³-hybridized carbons (Fsp3) is 0.227. The Morgan fingerprint density at radius 3 is 2.50 bits per heavy atom. The number of amides is 2. The molecule has 0 saturated carbocycles. The maximum atomic E-state index is 14.3. The molecule has 168 valence electrons. The zero-order chi connectivity index (χ0) is 23.3. The van der Waals surface area contributed by atoms with E-state index in [2.05, 4.69) is 16.0 Å². The Kier molecular flexibility index (Phi) is 7.32. The molecule has 10 heteroatoms. The van der Waals surface area contributed by atoms with Gasteiger partial charge in [-0.1, -0.05) is 22.8 Å². The summed E-state index contributed by atoms with van der Waals surface area (Å²) in [7, 11) is 0.